The van der Waals surface area contributed by atoms with E-state index < -0.39 is 10.1 Å². The lowest BCUT2D eigenvalue weighted by Crippen LogP contribution is -2.33. The standard InChI is InChI=1S/C17H15N2O2S.C7H8O3S/c1-2-18-15-9-5-6-10-16(15)22-17(18)12-11-13-7-3-4-8-14(13)19(20)21;1-6-2-4-7(5-3-6)11(8,9)10/h3-12H,2H2,1H3;2-5H,1H3,(H,8,9,10)/q+1;/p-1. The van der Waals surface area contributed by atoms with Crippen molar-refractivity contribution < 1.29 is 22.5 Å². The lowest BCUT2D eigenvalue weighted by atomic mass is 10.1. The number of hydrogen-bond acceptors (Lipinski definition) is 6. The number of nitro groups is 1. The molecule has 4 aromatic rings. The molecule has 0 aliphatic rings. The smallest absolute Gasteiger partial charge is 0.276 e. The Morgan fingerprint density at radius 2 is 1.61 bits per heavy atom. The van der Waals surface area contributed by atoms with Crippen molar-refractivity contribution in [3.8, 4) is 0 Å². The van der Waals surface area contributed by atoms with Gasteiger partial charge in [-0.15, -0.1) is 0 Å². The summed E-state index contributed by atoms with van der Waals surface area (Å²) in [6.07, 6.45) is 3.77. The first-order chi connectivity index (χ1) is 15.7. The monoisotopic (exact) mass is 482 g/mol. The van der Waals surface area contributed by atoms with Crippen molar-refractivity contribution in [1.82, 2.24) is 0 Å². The first-order valence-corrected chi connectivity index (χ1v) is 12.3. The summed E-state index contributed by atoms with van der Waals surface area (Å²) in [6.45, 7) is 4.78. The molecule has 0 saturated carbocycles. The molecule has 0 bridgehead atoms. The van der Waals surface area contributed by atoms with Gasteiger partial charge in [-0.3, -0.25) is 10.1 Å². The molecule has 33 heavy (non-hydrogen) atoms. The Hall–Kier alpha value is -3.40. The van der Waals surface area contributed by atoms with Crippen LogP contribution in [0.1, 0.15) is 23.1 Å². The maximum atomic E-state index is 11.1. The van der Waals surface area contributed by atoms with E-state index in [2.05, 4.69) is 23.6 Å². The molecule has 0 fully saturated rings. The number of para-hydroxylation sites is 2. The Labute approximate surface area is 196 Å². The highest BCUT2D eigenvalue weighted by atomic mass is 32.2. The molecule has 0 aliphatic heterocycles. The fourth-order valence-electron chi connectivity index (χ4n) is 3.16. The third-order valence-electron chi connectivity index (χ3n) is 4.80. The van der Waals surface area contributed by atoms with Crippen LogP contribution in [0.4, 0.5) is 5.69 Å². The third kappa shape index (κ3) is 6.10. The van der Waals surface area contributed by atoms with Crippen molar-refractivity contribution in [2.24, 2.45) is 0 Å². The average molecular weight is 483 g/mol. The van der Waals surface area contributed by atoms with E-state index >= 15 is 0 Å². The lowest BCUT2D eigenvalue weighted by Gasteiger charge is -2.05. The zero-order valence-corrected chi connectivity index (χ0v) is 19.7. The number of nitro benzene ring substituents is 1. The highest BCUT2D eigenvalue weighted by Gasteiger charge is 2.17. The number of aryl methyl sites for hydroxylation is 2. The third-order valence-corrected chi connectivity index (χ3v) is 6.78. The van der Waals surface area contributed by atoms with Crippen molar-refractivity contribution in [3.05, 3.63) is 99.0 Å². The van der Waals surface area contributed by atoms with Gasteiger partial charge in [0.05, 0.1) is 15.4 Å². The molecular formula is C24H22N2O5S2. The van der Waals surface area contributed by atoms with Crippen molar-refractivity contribution in [3.63, 3.8) is 0 Å². The second kappa shape index (κ2) is 10.5. The normalized spacial score (nSPS) is 11.4. The molecule has 0 aliphatic carbocycles. The number of rotatable bonds is 5. The van der Waals surface area contributed by atoms with Gasteiger partial charge in [-0.05, 0) is 44.2 Å². The lowest BCUT2D eigenvalue weighted by molar-refractivity contribution is -0.665. The fourth-order valence-corrected chi connectivity index (χ4v) is 4.76. The molecule has 0 N–H and O–H groups in total. The van der Waals surface area contributed by atoms with E-state index in [1.54, 1.807) is 35.6 Å². The summed E-state index contributed by atoms with van der Waals surface area (Å²) in [5.74, 6) is 0. The highest BCUT2D eigenvalue weighted by molar-refractivity contribution is 7.85. The maximum absolute atomic E-state index is 11.1. The number of nitrogens with zero attached hydrogens (tertiary/aromatic N) is 2. The van der Waals surface area contributed by atoms with Gasteiger partial charge in [-0.1, -0.05) is 53.3 Å². The van der Waals surface area contributed by atoms with Crippen molar-refractivity contribution in [2.45, 2.75) is 25.3 Å². The van der Waals surface area contributed by atoms with Crippen LogP contribution >= 0.6 is 11.3 Å². The first kappa shape index (κ1) is 24.2. The van der Waals surface area contributed by atoms with Gasteiger partial charge in [-0.2, -0.15) is 4.57 Å². The zero-order valence-electron chi connectivity index (χ0n) is 18.0. The van der Waals surface area contributed by atoms with Crippen LogP contribution in [0.3, 0.4) is 0 Å². The summed E-state index contributed by atoms with van der Waals surface area (Å²) in [7, 11) is -4.27. The molecule has 0 amide bonds. The number of hydrogen-bond donors (Lipinski definition) is 0. The Kier molecular flexibility index (Phi) is 7.70. The molecule has 0 unspecified atom stereocenters. The molecule has 9 heteroatoms. The molecule has 0 saturated heterocycles. The van der Waals surface area contributed by atoms with E-state index in [1.165, 1.54) is 28.4 Å². The summed E-state index contributed by atoms with van der Waals surface area (Å²) in [4.78, 5) is 10.5. The van der Waals surface area contributed by atoms with Crippen molar-refractivity contribution in [2.75, 3.05) is 0 Å². The van der Waals surface area contributed by atoms with E-state index in [1.807, 2.05) is 37.3 Å². The molecule has 3 aromatic carbocycles. The summed E-state index contributed by atoms with van der Waals surface area (Å²) < 4.78 is 34.6. The zero-order chi connectivity index (χ0) is 24.0. The summed E-state index contributed by atoms with van der Waals surface area (Å²) in [5.41, 5.74) is 2.87. The van der Waals surface area contributed by atoms with Crippen LogP contribution in [0.5, 0.6) is 0 Å². The van der Waals surface area contributed by atoms with Crippen LogP contribution < -0.4 is 4.57 Å². The second-order valence-electron chi connectivity index (χ2n) is 7.07. The topological polar surface area (TPSA) is 104 Å². The van der Waals surface area contributed by atoms with Crippen LogP contribution in [-0.4, -0.2) is 17.9 Å². The maximum Gasteiger partial charge on any atom is 0.276 e. The van der Waals surface area contributed by atoms with Crippen LogP contribution in [0.2, 0.25) is 0 Å². The molecule has 1 aromatic heterocycles. The largest absolute Gasteiger partial charge is 0.744 e. The molecule has 170 valence electrons. The Bertz CT molecular complexity index is 1410. The van der Waals surface area contributed by atoms with Gasteiger partial charge in [0.2, 0.25) is 5.52 Å². The Balaban J connectivity index is 0.000000235. The summed E-state index contributed by atoms with van der Waals surface area (Å²) >= 11 is 1.69. The van der Waals surface area contributed by atoms with Gasteiger partial charge < -0.3 is 4.55 Å². The van der Waals surface area contributed by atoms with E-state index in [-0.39, 0.29) is 15.5 Å². The van der Waals surface area contributed by atoms with Crippen LogP contribution in [0, 0.1) is 17.0 Å². The minimum absolute atomic E-state index is 0.128. The fraction of sp³-hybridized carbons (Fsp3) is 0.125. The minimum Gasteiger partial charge on any atom is -0.744 e. The second-order valence-corrected chi connectivity index (χ2v) is 9.51. The van der Waals surface area contributed by atoms with Crippen LogP contribution in [-0.2, 0) is 16.7 Å². The highest BCUT2D eigenvalue weighted by Crippen LogP contribution is 2.24. The van der Waals surface area contributed by atoms with Crippen molar-refractivity contribution >= 4 is 49.5 Å². The van der Waals surface area contributed by atoms with E-state index in [9.17, 15) is 23.1 Å². The van der Waals surface area contributed by atoms with Gasteiger partial charge in [0, 0.05) is 18.2 Å². The van der Waals surface area contributed by atoms with Crippen LogP contribution in [0.25, 0.3) is 22.4 Å². The molecule has 0 radical (unpaired) electrons. The van der Waals surface area contributed by atoms with Gasteiger partial charge >= 0.3 is 0 Å². The Morgan fingerprint density at radius 1 is 0.970 bits per heavy atom. The molecular weight excluding hydrogens is 460 g/mol. The van der Waals surface area contributed by atoms with Crippen LogP contribution in [0.15, 0.2) is 77.7 Å². The molecule has 0 atom stereocenters. The van der Waals surface area contributed by atoms with Gasteiger partial charge in [0.1, 0.15) is 21.4 Å². The Morgan fingerprint density at radius 3 is 2.24 bits per heavy atom. The summed E-state index contributed by atoms with van der Waals surface area (Å²) in [5, 5.41) is 12.2. The van der Waals surface area contributed by atoms with E-state index in [0.717, 1.165) is 17.1 Å². The van der Waals surface area contributed by atoms with Gasteiger partial charge in [0.15, 0.2) is 0 Å². The van der Waals surface area contributed by atoms with E-state index in [0.29, 0.717) is 5.56 Å². The molecule has 7 nitrogen and oxygen atoms in total. The predicted octanol–water partition coefficient (Wildman–Crippen LogP) is 5.19. The number of thiazole rings is 1. The van der Waals surface area contributed by atoms with Gasteiger partial charge in [-0.25, -0.2) is 8.42 Å². The summed E-state index contributed by atoms with van der Waals surface area (Å²) in [6, 6.07) is 20.8. The first-order valence-electron chi connectivity index (χ1n) is 10.1. The average Bonchev–Trinajstić information content (AvgIpc) is 3.15. The quantitative estimate of drug-likeness (QED) is 0.169. The molecule has 0 spiro atoms. The van der Waals surface area contributed by atoms with Gasteiger partial charge in [0.25, 0.3) is 10.7 Å². The minimum atomic E-state index is -4.27. The SMILES string of the molecule is CC[n+]1c(C=Cc2ccccc2[N+](=O)[O-])sc2ccccc21.Cc1ccc(S(=O)(=O)[O-])cc1. The number of aromatic nitrogens is 1. The number of fused-ring (bicyclic) bond motifs is 1. The number of benzene rings is 3. The van der Waals surface area contributed by atoms with Crippen molar-refractivity contribution in [1.29, 1.82) is 0 Å². The molecule has 4 rings (SSSR count). The van der Waals surface area contributed by atoms with E-state index in [4.69, 9.17) is 0 Å². The predicted molar refractivity (Wildman–Crippen MR) is 129 cm³/mol. The molecule has 1 heterocycles.